The van der Waals surface area contributed by atoms with Crippen LogP contribution in [0.3, 0.4) is 0 Å². The fourth-order valence-corrected chi connectivity index (χ4v) is 2.80. The molecule has 0 spiro atoms. The molecule has 8 heteroatoms. The Bertz CT molecular complexity index is 602. The van der Waals surface area contributed by atoms with Crippen LogP contribution in [0.4, 0.5) is 4.79 Å². The van der Waals surface area contributed by atoms with Crippen LogP contribution >= 0.6 is 0 Å². The topological polar surface area (TPSA) is 122 Å². The van der Waals surface area contributed by atoms with E-state index in [1.165, 1.54) is 12.2 Å². The van der Waals surface area contributed by atoms with Gasteiger partial charge >= 0.3 is 12.1 Å². The lowest BCUT2D eigenvalue weighted by Crippen LogP contribution is -2.38. The van der Waals surface area contributed by atoms with Crippen molar-refractivity contribution in [2.75, 3.05) is 19.7 Å². The number of nitrogens with one attached hydrogen (secondary N) is 2. The van der Waals surface area contributed by atoms with E-state index >= 15 is 0 Å². The summed E-state index contributed by atoms with van der Waals surface area (Å²) in [4.78, 5) is 46.8. The Kier molecular flexibility index (Phi) is 8.87. The lowest BCUT2D eigenvalue weighted by Gasteiger charge is -2.28. The first-order chi connectivity index (χ1) is 12.7. The number of allylic oxidation sites excluding steroid dienone is 1. The second kappa shape index (κ2) is 10.6. The van der Waals surface area contributed by atoms with E-state index in [1.807, 2.05) is 13.8 Å². The van der Waals surface area contributed by atoms with E-state index in [2.05, 4.69) is 17.2 Å². The molecule has 27 heavy (non-hydrogen) atoms. The van der Waals surface area contributed by atoms with E-state index in [-0.39, 0.29) is 48.7 Å². The quantitative estimate of drug-likeness (QED) is 0.228. The zero-order valence-corrected chi connectivity index (χ0v) is 15.9. The van der Waals surface area contributed by atoms with Crippen LogP contribution < -0.4 is 10.6 Å². The van der Waals surface area contributed by atoms with Gasteiger partial charge in [0, 0.05) is 25.9 Å². The summed E-state index contributed by atoms with van der Waals surface area (Å²) in [6.07, 6.45) is 3.64. The van der Waals surface area contributed by atoms with Gasteiger partial charge in [0.25, 0.3) is 0 Å². The number of rotatable bonds is 10. The molecule has 0 saturated heterocycles. The molecule has 8 nitrogen and oxygen atoms in total. The molecule has 1 saturated carbocycles. The maximum absolute atomic E-state index is 12.1. The summed E-state index contributed by atoms with van der Waals surface area (Å²) in [5, 5.41) is 14.6. The normalized spacial score (nSPS) is 17.2. The summed E-state index contributed by atoms with van der Waals surface area (Å²) in [6.45, 7) is 7.66. The van der Waals surface area contributed by atoms with Gasteiger partial charge < -0.3 is 20.5 Å². The highest BCUT2D eigenvalue weighted by Gasteiger charge is 2.35. The Morgan fingerprint density at radius 3 is 2.48 bits per heavy atom. The van der Waals surface area contributed by atoms with Crippen molar-refractivity contribution in [1.82, 2.24) is 10.6 Å². The monoisotopic (exact) mass is 380 g/mol. The molecular formula is C19H28N2O6. The highest BCUT2D eigenvalue weighted by atomic mass is 16.5. The molecule has 1 amide bonds. The molecule has 0 unspecified atom stereocenters. The summed E-state index contributed by atoms with van der Waals surface area (Å²) >= 11 is 0. The summed E-state index contributed by atoms with van der Waals surface area (Å²) in [5.41, 5.74) is -0.180. The Morgan fingerprint density at radius 2 is 1.93 bits per heavy atom. The summed E-state index contributed by atoms with van der Waals surface area (Å²) < 4.78 is 4.74. The van der Waals surface area contributed by atoms with Crippen molar-refractivity contribution in [3.05, 3.63) is 24.3 Å². The number of ether oxygens (including phenoxy) is 1. The van der Waals surface area contributed by atoms with Gasteiger partial charge in [-0.25, -0.2) is 4.79 Å². The molecule has 0 bridgehead atoms. The summed E-state index contributed by atoms with van der Waals surface area (Å²) in [5.74, 6) is -1.44. The van der Waals surface area contributed by atoms with Gasteiger partial charge in [0.1, 0.15) is 12.6 Å². The third kappa shape index (κ3) is 8.17. The van der Waals surface area contributed by atoms with Crippen molar-refractivity contribution < 1.29 is 29.0 Å². The van der Waals surface area contributed by atoms with E-state index < -0.39 is 18.1 Å². The third-order valence-corrected chi connectivity index (χ3v) is 4.12. The van der Waals surface area contributed by atoms with Gasteiger partial charge in [-0.15, -0.1) is 0 Å². The largest absolute Gasteiger partial charge is 0.480 e. The van der Waals surface area contributed by atoms with Crippen molar-refractivity contribution in [1.29, 1.82) is 0 Å². The van der Waals surface area contributed by atoms with Crippen molar-refractivity contribution >= 4 is 23.6 Å². The van der Waals surface area contributed by atoms with Crippen LogP contribution in [-0.4, -0.2) is 54.5 Å². The second-order valence-electron chi connectivity index (χ2n) is 7.24. The van der Waals surface area contributed by atoms with Crippen LogP contribution in [0, 0.1) is 5.41 Å². The van der Waals surface area contributed by atoms with Crippen LogP contribution in [0.2, 0.25) is 0 Å². The van der Waals surface area contributed by atoms with Gasteiger partial charge in [0.15, 0.2) is 11.6 Å². The number of ketones is 2. The van der Waals surface area contributed by atoms with Gasteiger partial charge in [0.2, 0.25) is 0 Å². The molecule has 150 valence electrons. The van der Waals surface area contributed by atoms with Crippen molar-refractivity contribution in [2.45, 2.75) is 45.6 Å². The molecule has 0 heterocycles. The minimum atomic E-state index is -1.04. The average Bonchev–Trinajstić information content (AvgIpc) is 2.55. The molecule has 1 rings (SSSR count). The highest BCUT2D eigenvalue weighted by molar-refractivity contribution is 6.22. The number of aliphatic carboxylic acids is 1. The van der Waals surface area contributed by atoms with Gasteiger partial charge in [0.05, 0.1) is 5.57 Å². The molecule has 1 fully saturated rings. The number of alkyl carbamates (subject to hydrolysis) is 1. The Morgan fingerprint density at radius 1 is 1.30 bits per heavy atom. The number of Topliss-reactive ketones (excluding diaryl/α,β-unsaturated/α-hetero) is 2. The molecule has 3 N–H and O–H groups in total. The fraction of sp³-hybridized carbons (Fsp3) is 0.579. The molecule has 0 aromatic heterocycles. The molecule has 0 aliphatic heterocycles. The van der Waals surface area contributed by atoms with Crippen molar-refractivity contribution in [3.63, 3.8) is 0 Å². The maximum Gasteiger partial charge on any atom is 0.407 e. The van der Waals surface area contributed by atoms with Crippen molar-refractivity contribution in [3.8, 4) is 0 Å². The van der Waals surface area contributed by atoms with Crippen LogP contribution in [0.15, 0.2) is 24.3 Å². The lowest BCUT2D eigenvalue weighted by atomic mass is 9.74. The van der Waals surface area contributed by atoms with Gasteiger partial charge in [-0.05, 0) is 18.3 Å². The number of hydrogen-bond acceptors (Lipinski definition) is 6. The predicted octanol–water partition coefficient (Wildman–Crippen LogP) is 1.61. The molecule has 0 aromatic rings. The number of carboxylic acid groups (broad SMARTS) is 1. The number of carbonyl (C=O) groups excluding carboxylic acids is 3. The number of carbonyl (C=O) groups is 4. The van der Waals surface area contributed by atoms with Crippen molar-refractivity contribution in [2.24, 2.45) is 5.41 Å². The molecule has 1 atom stereocenters. The molecule has 0 radical (unpaired) electrons. The summed E-state index contributed by atoms with van der Waals surface area (Å²) in [7, 11) is 0. The van der Waals surface area contributed by atoms with Crippen LogP contribution in [-0.2, 0) is 19.1 Å². The first kappa shape index (κ1) is 22.6. The maximum atomic E-state index is 12.1. The number of amides is 1. The minimum Gasteiger partial charge on any atom is -0.480 e. The number of carboxylic acids is 1. The molecule has 1 aliphatic carbocycles. The smallest absolute Gasteiger partial charge is 0.407 e. The van der Waals surface area contributed by atoms with Gasteiger partial charge in [-0.2, -0.15) is 0 Å². The Hall–Kier alpha value is -2.48. The van der Waals surface area contributed by atoms with E-state index in [0.717, 1.165) is 0 Å². The summed E-state index contributed by atoms with van der Waals surface area (Å²) in [6, 6.07) is -0.849. The zero-order valence-electron chi connectivity index (χ0n) is 15.9. The van der Waals surface area contributed by atoms with E-state index in [9.17, 15) is 24.3 Å². The first-order valence-corrected chi connectivity index (χ1v) is 8.90. The predicted molar refractivity (Wildman–Crippen MR) is 99.3 cm³/mol. The van der Waals surface area contributed by atoms with Gasteiger partial charge in [-0.1, -0.05) is 32.6 Å². The van der Waals surface area contributed by atoms with E-state index in [4.69, 9.17) is 4.74 Å². The standard InChI is InChI=1S/C19H28N2O6/c1-4-10-27-18(26)21-8-5-6-14(17(24)25)20-9-7-13-15(22)11-19(2,3)12-16(13)23/h4,7,14,20H,1,5-6,8-12H2,2-3H3,(H,21,26)(H,24,25)/t14-/m0/s1. The highest BCUT2D eigenvalue weighted by Crippen LogP contribution is 2.33. The fourth-order valence-electron chi connectivity index (χ4n) is 2.80. The molecule has 0 aromatic carbocycles. The Balaban J connectivity index is 2.43. The SMILES string of the molecule is C=CCOC(=O)NCCC[C@H](NCC=C1C(=O)CC(C)(C)CC1=O)C(=O)O. The first-order valence-electron chi connectivity index (χ1n) is 8.90. The second-order valence-corrected chi connectivity index (χ2v) is 7.24. The minimum absolute atomic E-state index is 0.106. The van der Waals surface area contributed by atoms with E-state index in [1.54, 1.807) is 0 Å². The van der Waals surface area contributed by atoms with Gasteiger partial charge in [-0.3, -0.25) is 14.4 Å². The zero-order chi connectivity index (χ0) is 20.4. The Labute approximate surface area is 159 Å². The van der Waals surface area contributed by atoms with E-state index in [0.29, 0.717) is 19.3 Å². The van der Waals surface area contributed by atoms with Crippen LogP contribution in [0.1, 0.15) is 39.5 Å². The lowest BCUT2D eigenvalue weighted by molar-refractivity contribution is -0.139. The molecule has 1 aliphatic rings. The van der Waals surface area contributed by atoms with Crippen LogP contribution in [0.25, 0.3) is 0 Å². The number of hydrogen-bond donors (Lipinski definition) is 3. The molecular weight excluding hydrogens is 352 g/mol. The average molecular weight is 380 g/mol. The third-order valence-electron chi connectivity index (χ3n) is 4.12. The van der Waals surface area contributed by atoms with Crippen LogP contribution in [0.5, 0.6) is 0 Å².